The van der Waals surface area contributed by atoms with E-state index in [2.05, 4.69) is 20.3 Å². The van der Waals surface area contributed by atoms with Gasteiger partial charge in [0.15, 0.2) is 16.0 Å². The summed E-state index contributed by atoms with van der Waals surface area (Å²) < 4.78 is 6.41. The number of benzene rings is 1. The number of ether oxygens (including phenoxy) is 1. The SMILES string of the molecule is CCOc1ccc2sc(NC(=O)c3nc(SC)ncc3Cl)nc2c1. The summed E-state index contributed by atoms with van der Waals surface area (Å²) >= 11 is 8.73. The molecule has 9 heteroatoms. The molecule has 0 saturated heterocycles. The summed E-state index contributed by atoms with van der Waals surface area (Å²) in [5.74, 6) is 0.332. The number of carbonyl (C=O) groups excluding carboxylic acids is 1. The van der Waals surface area contributed by atoms with E-state index in [9.17, 15) is 4.79 Å². The van der Waals surface area contributed by atoms with Crippen LogP contribution in [0.2, 0.25) is 5.02 Å². The van der Waals surface area contributed by atoms with Gasteiger partial charge in [0.05, 0.1) is 28.0 Å². The second-order valence-electron chi connectivity index (χ2n) is 4.59. The highest BCUT2D eigenvalue weighted by Crippen LogP contribution is 2.29. The summed E-state index contributed by atoms with van der Waals surface area (Å²) in [6.45, 7) is 2.51. The minimum absolute atomic E-state index is 0.130. The van der Waals surface area contributed by atoms with Gasteiger partial charge in [-0.15, -0.1) is 0 Å². The van der Waals surface area contributed by atoms with Gasteiger partial charge < -0.3 is 4.74 Å². The lowest BCUT2D eigenvalue weighted by Gasteiger charge is -2.04. The zero-order chi connectivity index (χ0) is 17.1. The molecule has 24 heavy (non-hydrogen) atoms. The van der Waals surface area contributed by atoms with Crippen molar-refractivity contribution in [2.45, 2.75) is 12.1 Å². The fourth-order valence-electron chi connectivity index (χ4n) is 1.98. The molecule has 3 rings (SSSR count). The van der Waals surface area contributed by atoms with Crippen LogP contribution in [0.15, 0.2) is 29.6 Å². The number of nitrogens with zero attached hydrogens (tertiary/aromatic N) is 3. The molecule has 0 saturated carbocycles. The van der Waals surface area contributed by atoms with E-state index >= 15 is 0 Å². The Morgan fingerprint density at radius 3 is 3.00 bits per heavy atom. The van der Waals surface area contributed by atoms with Crippen molar-refractivity contribution in [1.82, 2.24) is 15.0 Å². The van der Waals surface area contributed by atoms with Gasteiger partial charge in [-0.25, -0.2) is 15.0 Å². The van der Waals surface area contributed by atoms with Gasteiger partial charge in [0.2, 0.25) is 0 Å². The summed E-state index contributed by atoms with van der Waals surface area (Å²) in [7, 11) is 0. The topological polar surface area (TPSA) is 77.0 Å². The molecule has 0 radical (unpaired) electrons. The van der Waals surface area contributed by atoms with Crippen LogP contribution in [0.1, 0.15) is 17.4 Å². The second kappa shape index (κ2) is 7.33. The van der Waals surface area contributed by atoms with E-state index in [4.69, 9.17) is 16.3 Å². The Labute approximate surface area is 151 Å². The monoisotopic (exact) mass is 380 g/mol. The molecule has 0 aliphatic rings. The number of anilines is 1. The first kappa shape index (κ1) is 16.9. The highest BCUT2D eigenvalue weighted by atomic mass is 35.5. The number of aromatic nitrogens is 3. The molecule has 2 aromatic heterocycles. The van der Waals surface area contributed by atoms with Gasteiger partial charge in [0.25, 0.3) is 5.91 Å². The molecule has 0 bridgehead atoms. The van der Waals surface area contributed by atoms with Gasteiger partial charge in [0.1, 0.15) is 5.75 Å². The summed E-state index contributed by atoms with van der Waals surface area (Å²) in [4.78, 5) is 25.0. The number of hydrogen-bond acceptors (Lipinski definition) is 7. The van der Waals surface area contributed by atoms with Crippen LogP contribution in [0.4, 0.5) is 5.13 Å². The lowest BCUT2D eigenvalue weighted by molar-refractivity contribution is 0.102. The Morgan fingerprint density at radius 2 is 2.25 bits per heavy atom. The number of thiazole rings is 1. The normalized spacial score (nSPS) is 10.8. The van der Waals surface area contributed by atoms with Crippen molar-refractivity contribution in [3.63, 3.8) is 0 Å². The third kappa shape index (κ3) is 3.61. The Kier molecular flexibility index (Phi) is 5.17. The molecular weight excluding hydrogens is 368 g/mol. The summed E-state index contributed by atoms with van der Waals surface area (Å²) in [6, 6.07) is 5.63. The predicted octanol–water partition coefficient (Wildman–Crippen LogP) is 4.11. The van der Waals surface area contributed by atoms with E-state index in [1.165, 1.54) is 29.3 Å². The molecule has 0 unspecified atom stereocenters. The maximum absolute atomic E-state index is 12.4. The Bertz CT molecular complexity index is 900. The molecular formula is C15H13ClN4O2S2. The third-order valence-corrected chi connectivity index (χ3v) is 4.80. The van der Waals surface area contributed by atoms with Crippen LogP contribution in [0.5, 0.6) is 5.75 Å². The summed E-state index contributed by atoms with van der Waals surface area (Å²) in [5, 5.41) is 3.89. The number of fused-ring (bicyclic) bond motifs is 1. The summed E-state index contributed by atoms with van der Waals surface area (Å²) in [6.07, 6.45) is 3.25. The molecule has 124 valence electrons. The van der Waals surface area contributed by atoms with Crippen LogP contribution in [0.3, 0.4) is 0 Å². The van der Waals surface area contributed by atoms with Gasteiger partial charge in [0, 0.05) is 6.07 Å². The number of hydrogen-bond donors (Lipinski definition) is 1. The van der Waals surface area contributed by atoms with E-state index in [0.29, 0.717) is 16.9 Å². The maximum atomic E-state index is 12.4. The molecule has 1 N–H and O–H groups in total. The van der Waals surface area contributed by atoms with Crippen LogP contribution < -0.4 is 10.1 Å². The highest BCUT2D eigenvalue weighted by molar-refractivity contribution is 7.98. The predicted molar refractivity (Wildman–Crippen MR) is 97.6 cm³/mol. The number of thioether (sulfide) groups is 1. The van der Waals surface area contributed by atoms with Crippen LogP contribution in [-0.2, 0) is 0 Å². The molecule has 2 heterocycles. The van der Waals surface area contributed by atoms with Gasteiger partial charge in [-0.1, -0.05) is 34.7 Å². The zero-order valence-corrected chi connectivity index (χ0v) is 15.3. The van der Waals surface area contributed by atoms with Crippen LogP contribution >= 0.6 is 34.7 Å². The first-order chi connectivity index (χ1) is 11.6. The van der Waals surface area contributed by atoms with E-state index in [1.54, 1.807) is 0 Å². The molecule has 1 aromatic carbocycles. The van der Waals surface area contributed by atoms with Gasteiger partial charge >= 0.3 is 0 Å². The Hall–Kier alpha value is -1.90. The molecule has 1 amide bonds. The molecule has 0 aliphatic heterocycles. The van der Waals surface area contributed by atoms with E-state index in [1.807, 2.05) is 31.4 Å². The first-order valence-corrected chi connectivity index (χ1v) is 9.44. The maximum Gasteiger partial charge on any atom is 0.277 e. The number of nitrogens with one attached hydrogen (secondary N) is 1. The smallest absolute Gasteiger partial charge is 0.277 e. The van der Waals surface area contributed by atoms with Crippen LogP contribution in [0.25, 0.3) is 10.2 Å². The lowest BCUT2D eigenvalue weighted by atomic mass is 10.3. The minimum atomic E-state index is -0.415. The molecule has 6 nitrogen and oxygen atoms in total. The second-order valence-corrected chi connectivity index (χ2v) is 6.80. The number of rotatable bonds is 5. The van der Waals surface area contributed by atoms with Crippen LogP contribution in [0, 0.1) is 0 Å². The van der Waals surface area contributed by atoms with E-state index in [0.717, 1.165) is 16.0 Å². The number of carbonyl (C=O) groups is 1. The fraction of sp³-hybridized carbons (Fsp3) is 0.200. The molecule has 3 aromatic rings. The van der Waals surface area contributed by atoms with Crippen molar-refractivity contribution in [2.75, 3.05) is 18.2 Å². The average Bonchev–Trinajstić information content (AvgIpc) is 2.97. The number of halogens is 1. The van der Waals surface area contributed by atoms with Crippen molar-refractivity contribution < 1.29 is 9.53 Å². The quantitative estimate of drug-likeness (QED) is 0.530. The fourth-order valence-corrected chi connectivity index (χ4v) is 3.34. The first-order valence-electron chi connectivity index (χ1n) is 7.02. The Balaban J connectivity index is 1.85. The Morgan fingerprint density at radius 1 is 1.42 bits per heavy atom. The lowest BCUT2D eigenvalue weighted by Crippen LogP contribution is -2.15. The van der Waals surface area contributed by atoms with Crippen molar-refractivity contribution in [3.8, 4) is 5.75 Å². The standard InChI is InChI=1S/C15H13ClN4O2S2/c1-3-22-8-4-5-11-10(6-8)18-15(24-11)20-13(21)12-9(16)7-17-14(19-12)23-2/h4-7H,3H2,1-2H3,(H,18,20,21). The molecule has 0 fully saturated rings. The average molecular weight is 381 g/mol. The zero-order valence-electron chi connectivity index (χ0n) is 12.9. The third-order valence-electron chi connectivity index (χ3n) is 3.01. The van der Waals surface area contributed by atoms with Gasteiger partial charge in [-0.2, -0.15) is 0 Å². The minimum Gasteiger partial charge on any atom is -0.494 e. The highest BCUT2D eigenvalue weighted by Gasteiger charge is 2.16. The van der Waals surface area contributed by atoms with Gasteiger partial charge in [-0.3, -0.25) is 10.1 Å². The molecule has 0 aliphatic carbocycles. The molecule has 0 atom stereocenters. The van der Waals surface area contributed by atoms with Gasteiger partial charge in [-0.05, 0) is 25.3 Å². The van der Waals surface area contributed by atoms with Crippen molar-refractivity contribution in [3.05, 3.63) is 35.1 Å². The van der Waals surface area contributed by atoms with Crippen LogP contribution in [-0.4, -0.2) is 33.7 Å². The largest absolute Gasteiger partial charge is 0.494 e. The van der Waals surface area contributed by atoms with Crippen molar-refractivity contribution in [2.24, 2.45) is 0 Å². The molecule has 0 spiro atoms. The summed E-state index contributed by atoms with van der Waals surface area (Å²) in [5.41, 5.74) is 0.894. The van der Waals surface area contributed by atoms with E-state index < -0.39 is 5.91 Å². The van der Waals surface area contributed by atoms with Crippen molar-refractivity contribution in [1.29, 1.82) is 0 Å². The van der Waals surface area contributed by atoms with Crippen molar-refractivity contribution >= 4 is 56.0 Å². The van der Waals surface area contributed by atoms with E-state index in [-0.39, 0.29) is 10.7 Å². The number of amides is 1.